The first kappa shape index (κ1) is 22.7. The molecule has 7 nitrogen and oxygen atoms in total. The zero-order valence-electron chi connectivity index (χ0n) is 20.0. The average Bonchev–Trinajstić information content (AvgIpc) is 3.06. The molecule has 1 saturated heterocycles. The molecular formula is C29H21F2N3O4. The lowest BCUT2D eigenvalue weighted by atomic mass is 9.92. The number of amides is 1. The highest BCUT2D eigenvalue weighted by Crippen LogP contribution is 2.49. The zero-order chi connectivity index (χ0) is 26.1. The number of fused-ring (bicyclic) bond motifs is 7. The molecule has 1 aromatic heterocycles. The van der Waals surface area contributed by atoms with E-state index in [0.29, 0.717) is 11.1 Å². The van der Waals surface area contributed by atoms with Crippen LogP contribution < -0.4 is 10.4 Å². The first-order chi connectivity index (χ1) is 18.5. The number of morpholine rings is 1. The number of carbonyl (C=O) groups excluding carboxylic acids is 1. The number of pyridine rings is 1. The molecule has 1 amide bonds. The Bertz CT molecular complexity index is 1700. The molecule has 1 unspecified atom stereocenters. The van der Waals surface area contributed by atoms with Crippen molar-refractivity contribution in [3.8, 4) is 28.0 Å². The predicted molar refractivity (Wildman–Crippen MR) is 135 cm³/mol. The van der Waals surface area contributed by atoms with Crippen LogP contribution in [0.1, 0.15) is 27.7 Å². The summed E-state index contributed by atoms with van der Waals surface area (Å²) in [5.74, 6) is -3.11. The number of ether oxygens (including phenoxy) is 1. The second-order valence-corrected chi connectivity index (χ2v) is 9.52. The van der Waals surface area contributed by atoms with Gasteiger partial charge in [-0.3, -0.25) is 19.3 Å². The molecule has 3 heterocycles. The van der Waals surface area contributed by atoms with Gasteiger partial charge in [0.05, 0.1) is 19.3 Å². The first-order valence-electron chi connectivity index (χ1n) is 12.3. The van der Waals surface area contributed by atoms with E-state index in [-0.39, 0.29) is 31.0 Å². The van der Waals surface area contributed by atoms with Gasteiger partial charge < -0.3 is 14.7 Å². The van der Waals surface area contributed by atoms with E-state index >= 15 is 4.39 Å². The van der Waals surface area contributed by atoms with Gasteiger partial charge in [0.2, 0.25) is 5.43 Å². The summed E-state index contributed by atoms with van der Waals surface area (Å²) >= 11 is 0. The smallest absolute Gasteiger partial charge is 0.278 e. The summed E-state index contributed by atoms with van der Waals surface area (Å²) in [5.41, 5.74) is 2.62. The Labute approximate surface area is 215 Å². The maximum absolute atomic E-state index is 15.7. The second kappa shape index (κ2) is 8.26. The minimum atomic E-state index is -0.972. The van der Waals surface area contributed by atoms with Gasteiger partial charge in [0.25, 0.3) is 5.91 Å². The lowest BCUT2D eigenvalue weighted by Gasteiger charge is -2.51. The zero-order valence-corrected chi connectivity index (χ0v) is 20.0. The van der Waals surface area contributed by atoms with Crippen molar-refractivity contribution in [1.29, 1.82) is 0 Å². The van der Waals surface area contributed by atoms with Crippen LogP contribution in [0.5, 0.6) is 5.75 Å². The molecule has 38 heavy (non-hydrogen) atoms. The molecule has 4 aromatic rings. The van der Waals surface area contributed by atoms with Gasteiger partial charge in [0.1, 0.15) is 6.17 Å². The maximum Gasteiger partial charge on any atom is 0.278 e. The number of hydrogen-bond acceptors (Lipinski definition) is 5. The molecule has 1 aliphatic carbocycles. The third kappa shape index (κ3) is 3.02. The summed E-state index contributed by atoms with van der Waals surface area (Å²) in [4.78, 5) is 27.5. The van der Waals surface area contributed by atoms with Gasteiger partial charge in [-0.05, 0) is 33.9 Å². The van der Waals surface area contributed by atoms with Crippen LogP contribution in [0.15, 0.2) is 77.7 Å². The summed E-state index contributed by atoms with van der Waals surface area (Å²) in [6.45, 7) is 0.668. The van der Waals surface area contributed by atoms with Crippen LogP contribution in [0.4, 0.5) is 8.78 Å². The maximum atomic E-state index is 15.7. The van der Waals surface area contributed by atoms with Crippen molar-refractivity contribution in [2.45, 2.75) is 12.2 Å². The molecule has 2 aliphatic heterocycles. The number of rotatable bonds is 1. The fourth-order valence-electron chi connectivity index (χ4n) is 5.97. The second-order valence-electron chi connectivity index (χ2n) is 9.52. The first-order valence-corrected chi connectivity index (χ1v) is 12.3. The normalized spacial score (nSPS) is 19.6. The van der Waals surface area contributed by atoms with Crippen LogP contribution in [0.25, 0.3) is 22.3 Å². The molecule has 3 aromatic carbocycles. The quantitative estimate of drug-likeness (QED) is 0.416. The van der Waals surface area contributed by atoms with Crippen molar-refractivity contribution in [3.63, 3.8) is 0 Å². The molecule has 0 radical (unpaired) electrons. The van der Waals surface area contributed by atoms with Crippen molar-refractivity contribution in [2.24, 2.45) is 0 Å². The van der Waals surface area contributed by atoms with Crippen LogP contribution in [-0.4, -0.2) is 46.5 Å². The molecule has 3 aliphatic rings. The SMILES string of the molecule is O=C1c2c(O)c(=O)ccn2N(C2c3ccccc3-c3ccccc3-c3c2ccc(F)c3F)[C@@H]2COCCN12. The van der Waals surface area contributed by atoms with E-state index in [1.807, 2.05) is 41.4 Å². The van der Waals surface area contributed by atoms with Gasteiger partial charge in [-0.1, -0.05) is 54.6 Å². The van der Waals surface area contributed by atoms with Crippen LogP contribution >= 0.6 is 0 Å². The van der Waals surface area contributed by atoms with Gasteiger partial charge in [0, 0.05) is 24.4 Å². The van der Waals surface area contributed by atoms with E-state index in [4.69, 9.17) is 4.74 Å². The monoisotopic (exact) mass is 513 g/mol. The van der Waals surface area contributed by atoms with Crippen molar-refractivity contribution >= 4 is 5.91 Å². The Morgan fingerprint density at radius 2 is 1.61 bits per heavy atom. The summed E-state index contributed by atoms with van der Waals surface area (Å²) < 4.78 is 37.7. The standard InChI is InChI=1S/C29H21F2N3O4/c30-21-10-9-20-24(25(21)31)18-7-3-1-5-16(18)17-6-2-4-8-19(17)26(20)34-23-15-38-14-13-32(23)29(37)27-28(36)22(35)11-12-33(27)34/h1-12,23,26,36H,13-15H2/t23-,26?/m1/s1. The largest absolute Gasteiger partial charge is 0.502 e. The van der Waals surface area contributed by atoms with E-state index in [1.54, 1.807) is 23.1 Å². The van der Waals surface area contributed by atoms with Crippen molar-refractivity contribution in [1.82, 2.24) is 9.58 Å². The fourth-order valence-corrected chi connectivity index (χ4v) is 5.97. The molecule has 1 fully saturated rings. The molecule has 0 bridgehead atoms. The average molecular weight is 514 g/mol. The Hall–Kier alpha value is -4.50. The van der Waals surface area contributed by atoms with E-state index in [1.165, 1.54) is 16.9 Å². The molecule has 1 N–H and O–H groups in total. The highest BCUT2D eigenvalue weighted by Gasteiger charge is 2.46. The van der Waals surface area contributed by atoms with E-state index in [0.717, 1.165) is 22.8 Å². The molecule has 0 spiro atoms. The summed E-state index contributed by atoms with van der Waals surface area (Å²) in [6.07, 6.45) is 0.785. The molecule has 2 atom stereocenters. The van der Waals surface area contributed by atoms with E-state index in [2.05, 4.69) is 0 Å². The number of hydrogen-bond donors (Lipinski definition) is 1. The van der Waals surface area contributed by atoms with Crippen molar-refractivity contribution < 1.29 is 23.4 Å². The highest BCUT2D eigenvalue weighted by atomic mass is 19.2. The van der Waals surface area contributed by atoms with Crippen LogP contribution in [0.3, 0.4) is 0 Å². The lowest BCUT2D eigenvalue weighted by molar-refractivity contribution is -0.0196. The number of aromatic nitrogens is 1. The number of halogens is 2. The highest BCUT2D eigenvalue weighted by molar-refractivity contribution is 5.97. The lowest BCUT2D eigenvalue weighted by Crippen LogP contribution is -2.66. The number of aromatic hydroxyl groups is 1. The summed E-state index contributed by atoms with van der Waals surface area (Å²) in [6, 6.07) is 18.0. The van der Waals surface area contributed by atoms with Crippen LogP contribution in [0, 0.1) is 11.6 Å². The minimum absolute atomic E-state index is 0.119. The van der Waals surface area contributed by atoms with E-state index < -0.39 is 40.9 Å². The Morgan fingerprint density at radius 1 is 0.868 bits per heavy atom. The topological polar surface area (TPSA) is 75.0 Å². The van der Waals surface area contributed by atoms with Gasteiger partial charge in [0.15, 0.2) is 23.1 Å². The Balaban J connectivity index is 1.60. The number of carbonyl (C=O) groups is 1. The number of benzene rings is 3. The van der Waals surface area contributed by atoms with E-state index in [9.17, 15) is 19.1 Å². The number of nitrogens with zero attached hydrogens (tertiary/aromatic N) is 3. The van der Waals surface area contributed by atoms with Gasteiger partial charge in [-0.15, -0.1) is 0 Å². The molecule has 9 heteroatoms. The van der Waals surface area contributed by atoms with Gasteiger partial charge in [-0.2, -0.15) is 0 Å². The summed E-state index contributed by atoms with van der Waals surface area (Å²) in [7, 11) is 0. The summed E-state index contributed by atoms with van der Waals surface area (Å²) in [5, 5.41) is 12.6. The van der Waals surface area contributed by atoms with Crippen LogP contribution in [-0.2, 0) is 4.74 Å². The Morgan fingerprint density at radius 3 is 2.42 bits per heavy atom. The molecule has 190 valence electrons. The molecule has 0 saturated carbocycles. The van der Waals surface area contributed by atoms with Gasteiger partial charge in [-0.25, -0.2) is 8.78 Å². The van der Waals surface area contributed by atoms with Crippen molar-refractivity contribution in [3.05, 3.63) is 112 Å². The third-order valence-electron chi connectivity index (χ3n) is 7.60. The third-order valence-corrected chi connectivity index (χ3v) is 7.60. The fraction of sp³-hybridized carbons (Fsp3) is 0.172. The van der Waals surface area contributed by atoms with Crippen molar-refractivity contribution in [2.75, 3.05) is 24.8 Å². The molecule has 7 rings (SSSR count). The molecular weight excluding hydrogens is 492 g/mol. The van der Waals surface area contributed by atoms with Gasteiger partial charge >= 0.3 is 0 Å². The van der Waals surface area contributed by atoms with Crippen LogP contribution in [0.2, 0.25) is 0 Å². The predicted octanol–water partition coefficient (Wildman–Crippen LogP) is 4.02. The Kier molecular flexibility index (Phi) is 4.93. The minimum Gasteiger partial charge on any atom is -0.502 e.